The molecule has 21 heavy (non-hydrogen) atoms. The molecule has 0 bridgehead atoms. The molecule has 0 saturated heterocycles. The van der Waals surface area contributed by atoms with Gasteiger partial charge in [-0.3, -0.25) is 4.79 Å². The number of hydrogen-bond acceptors (Lipinski definition) is 3. The highest BCUT2D eigenvalue weighted by Gasteiger charge is 2.33. The van der Waals surface area contributed by atoms with Crippen molar-refractivity contribution in [1.29, 1.82) is 0 Å². The Bertz CT molecular complexity index is 523. The molecule has 7 heteroatoms. The average Bonchev–Trinajstić information content (AvgIpc) is 2.40. The van der Waals surface area contributed by atoms with E-state index in [1.807, 2.05) is 0 Å². The molecule has 2 rings (SSSR count). The van der Waals surface area contributed by atoms with E-state index in [9.17, 15) is 18.0 Å². The molecule has 0 aromatic carbocycles. The smallest absolute Gasteiger partial charge is 0.367 e. The number of nitrogens with one attached hydrogen (secondary N) is 1. The molecule has 116 valence electrons. The van der Waals surface area contributed by atoms with Gasteiger partial charge in [-0.2, -0.15) is 13.2 Å². The molecule has 1 saturated carbocycles. The number of nitrogens with zero attached hydrogens (tertiary/aromatic N) is 1. The summed E-state index contributed by atoms with van der Waals surface area (Å²) in [5.74, 6) is -0.243. The standard InChI is InChI=1S/C14H18F3N3O/c1-8-2-4-9(5-3-8)19-13-10(12(18)21)6-7-11(20-13)14(15,16)17/h6-9H,2-5H2,1H3,(H2,18,21)(H,19,20). The number of aromatic nitrogens is 1. The number of carbonyl (C=O) groups is 1. The predicted octanol–water partition coefficient (Wildman–Crippen LogP) is 3.19. The van der Waals surface area contributed by atoms with Crippen LogP contribution in [0.4, 0.5) is 19.0 Å². The maximum atomic E-state index is 12.7. The van der Waals surface area contributed by atoms with Gasteiger partial charge in [-0.1, -0.05) is 6.92 Å². The SMILES string of the molecule is CC1CCC(Nc2nc(C(F)(F)F)ccc2C(N)=O)CC1. The first-order valence-electron chi connectivity index (χ1n) is 6.92. The summed E-state index contributed by atoms with van der Waals surface area (Å²) in [5, 5.41) is 2.95. The number of nitrogens with two attached hydrogens (primary N) is 1. The van der Waals surface area contributed by atoms with E-state index >= 15 is 0 Å². The number of hydrogen-bond donors (Lipinski definition) is 2. The van der Waals surface area contributed by atoms with Gasteiger partial charge in [-0.15, -0.1) is 0 Å². The summed E-state index contributed by atoms with van der Waals surface area (Å²) in [6.45, 7) is 2.15. The van der Waals surface area contributed by atoms with E-state index in [-0.39, 0.29) is 17.4 Å². The minimum Gasteiger partial charge on any atom is -0.367 e. The molecule has 1 amide bonds. The Balaban J connectivity index is 2.24. The summed E-state index contributed by atoms with van der Waals surface area (Å²) in [6, 6.07) is 1.87. The first kappa shape index (κ1) is 15.6. The van der Waals surface area contributed by atoms with Crippen molar-refractivity contribution in [3.05, 3.63) is 23.4 Å². The molecule has 0 aliphatic heterocycles. The molecule has 0 spiro atoms. The molecular formula is C14H18F3N3O. The Morgan fingerprint density at radius 3 is 2.43 bits per heavy atom. The van der Waals surface area contributed by atoms with Gasteiger partial charge in [0.05, 0.1) is 5.56 Å². The fourth-order valence-corrected chi connectivity index (χ4v) is 2.52. The normalized spacial score (nSPS) is 22.9. The number of amides is 1. The second-order valence-electron chi connectivity index (χ2n) is 5.56. The van der Waals surface area contributed by atoms with Crippen molar-refractivity contribution < 1.29 is 18.0 Å². The largest absolute Gasteiger partial charge is 0.433 e. The van der Waals surface area contributed by atoms with Gasteiger partial charge in [0, 0.05) is 6.04 Å². The van der Waals surface area contributed by atoms with Crippen LogP contribution >= 0.6 is 0 Å². The zero-order chi connectivity index (χ0) is 15.6. The lowest BCUT2D eigenvalue weighted by Gasteiger charge is -2.28. The van der Waals surface area contributed by atoms with Crippen molar-refractivity contribution in [3.63, 3.8) is 0 Å². The number of carbonyl (C=O) groups excluding carboxylic acids is 1. The van der Waals surface area contributed by atoms with Gasteiger partial charge in [0.1, 0.15) is 11.5 Å². The third-order valence-corrected chi connectivity index (χ3v) is 3.81. The van der Waals surface area contributed by atoms with E-state index in [4.69, 9.17) is 5.73 Å². The highest BCUT2D eigenvalue weighted by molar-refractivity contribution is 5.97. The van der Waals surface area contributed by atoms with Crippen LogP contribution in [-0.4, -0.2) is 16.9 Å². The second-order valence-corrected chi connectivity index (χ2v) is 5.56. The van der Waals surface area contributed by atoms with E-state index in [2.05, 4.69) is 17.2 Å². The van der Waals surface area contributed by atoms with Crippen molar-refractivity contribution >= 4 is 11.7 Å². The lowest BCUT2D eigenvalue weighted by molar-refractivity contribution is -0.141. The molecule has 1 fully saturated rings. The number of pyridine rings is 1. The van der Waals surface area contributed by atoms with Gasteiger partial charge in [-0.05, 0) is 43.7 Å². The quantitative estimate of drug-likeness (QED) is 0.901. The first-order chi connectivity index (χ1) is 9.77. The van der Waals surface area contributed by atoms with E-state index in [0.717, 1.165) is 37.8 Å². The fourth-order valence-electron chi connectivity index (χ4n) is 2.52. The number of alkyl halides is 3. The summed E-state index contributed by atoms with van der Waals surface area (Å²) in [6.07, 6.45) is -0.854. The van der Waals surface area contributed by atoms with Gasteiger partial charge in [0.15, 0.2) is 0 Å². The second kappa shape index (κ2) is 5.91. The Hall–Kier alpha value is -1.79. The van der Waals surface area contributed by atoms with Crippen LogP contribution in [0, 0.1) is 5.92 Å². The van der Waals surface area contributed by atoms with Crippen LogP contribution in [0.2, 0.25) is 0 Å². The van der Waals surface area contributed by atoms with Crippen molar-refractivity contribution in [2.45, 2.75) is 44.8 Å². The van der Waals surface area contributed by atoms with Crippen LogP contribution in [0.1, 0.15) is 48.7 Å². The van der Waals surface area contributed by atoms with E-state index < -0.39 is 17.8 Å². The van der Waals surface area contributed by atoms with Crippen LogP contribution in [0.25, 0.3) is 0 Å². The summed E-state index contributed by atoms with van der Waals surface area (Å²) in [7, 11) is 0. The van der Waals surface area contributed by atoms with Crippen molar-refractivity contribution in [1.82, 2.24) is 4.98 Å². The highest BCUT2D eigenvalue weighted by Crippen LogP contribution is 2.31. The highest BCUT2D eigenvalue weighted by atomic mass is 19.4. The van der Waals surface area contributed by atoms with E-state index in [0.29, 0.717) is 5.92 Å². The molecule has 4 nitrogen and oxygen atoms in total. The zero-order valence-corrected chi connectivity index (χ0v) is 11.7. The number of anilines is 1. The van der Waals surface area contributed by atoms with Gasteiger partial charge >= 0.3 is 6.18 Å². The Kier molecular flexibility index (Phi) is 4.39. The summed E-state index contributed by atoms with van der Waals surface area (Å²) >= 11 is 0. The van der Waals surface area contributed by atoms with Crippen LogP contribution in [0.3, 0.4) is 0 Å². The fraction of sp³-hybridized carbons (Fsp3) is 0.571. The van der Waals surface area contributed by atoms with Crippen LogP contribution in [0.5, 0.6) is 0 Å². The molecule has 1 aliphatic carbocycles. The minimum absolute atomic E-state index is 0.0124. The summed E-state index contributed by atoms with van der Waals surface area (Å²) in [5.41, 5.74) is 4.16. The first-order valence-corrected chi connectivity index (χ1v) is 6.92. The van der Waals surface area contributed by atoms with Crippen molar-refractivity contribution in [2.75, 3.05) is 5.32 Å². The molecule has 1 heterocycles. The maximum absolute atomic E-state index is 12.7. The number of halogens is 3. The monoisotopic (exact) mass is 301 g/mol. The predicted molar refractivity (Wildman–Crippen MR) is 72.8 cm³/mol. The summed E-state index contributed by atoms with van der Waals surface area (Å²) in [4.78, 5) is 14.9. The third kappa shape index (κ3) is 3.86. The molecule has 1 aromatic rings. The minimum atomic E-state index is -4.55. The van der Waals surface area contributed by atoms with Crippen molar-refractivity contribution in [2.24, 2.45) is 11.7 Å². The Morgan fingerprint density at radius 1 is 1.29 bits per heavy atom. The topological polar surface area (TPSA) is 68.0 Å². The molecule has 1 aromatic heterocycles. The summed E-state index contributed by atoms with van der Waals surface area (Å²) < 4.78 is 38.2. The van der Waals surface area contributed by atoms with E-state index in [1.165, 1.54) is 0 Å². The third-order valence-electron chi connectivity index (χ3n) is 3.81. The zero-order valence-electron chi connectivity index (χ0n) is 11.7. The number of primary amides is 1. The maximum Gasteiger partial charge on any atom is 0.433 e. The van der Waals surface area contributed by atoms with Crippen molar-refractivity contribution in [3.8, 4) is 0 Å². The van der Waals surface area contributed by atoms with Gasteiger partial charge in [0.25, 0.3) is 5.91 Å². The van der Waals surface area contributed by atoms with Crippen LogP contribution in [0.15, 0.2) is 12.1 Å². The van der Waals surface area contributed by atoms with E-state index in [1.54, 1.807) is 0 Å². The number of rotatable bonds is 3. The Labute approximate surface area is 120 Å². The molecule has 0 atom stereocenters. The molecule has 0 radical (unpaired) electrons. The van der Waals surface area contributed by atoms with Gasteiger partial charge in [0.2, 0.25) is 0 Å². The van der Waals surface area contributed by atoms with Crippen LogP contribution < -0.4 is 11.1 Å². The Morgan fingerprint density at radius 2 is 1.90 bits per heavy atom. The lowest BCUT2D eigenvalue weighted by atomic mass is 9.87. The van der Waals surface area contributed by atoms with Gasteiger partial charge < -0.3 is 11.1 Å². The molecule has 0 unspecified atom stereocenters. The molecule has 1 aliphatic rings. The molecule has 3 N–H and O–H groups in total. The average molecular weight is 301 g/mol. The van der Waals surface area contributed by atoms with Gasteiger partial charge in [-0.25, -0.2) is 4.98 Å². The lowest BCUT2D eigenvalue weighted by Crippen LogP contribution is -2.28. The molecular weight excluding hydrogens is 283 g/mol. The van der Waals surface area contributed by atoms with Crippen LogP contribution in [-0.2, 0) is 6.18 Å².